The number of likely N-dealkylation sites (N-methyl/N-ethyl adjacent to an activating group) is 2. The van der Waals surface area contributed by atoms with Gasteiger partial charge in [-0.05, 0) is 44.4 Å². The van der Waals surface area contributed by atoms with Crippen molar-refractivity contribution in [2.45, 2.75) is 144 Å². The third kappa shape index (κ3) is 11.7. The first-order valence-corrected chi connectivity index (χ1v) is 19.0. The van der Waals surface area contributed by atoms with Gasteiger partial charge in [0.2, 0.25) is 23.6 Å². The van der Waals surface area contributed by atoms with Gasteiger partial charge in [0.25, 0.3) is 11.8 Å². The maximum Gasteiger partial charge on any atom is 0.302 e. The van der Waals surface area contributed by atoms with Crippen molar-refractivity contribution in [3.05, 3.63) is 12.2 Å². The van der Waals surface area contributed by atoms with Gasteiger partial charge in [-0.1, -0.05) is 73.8 Å². The Balaban J connectivity index is 2.42. The molecule has 1 saturated heterocycles. The number of hydrogen-bond donors (Lipinski definition) is 1. The van der Waals surface area contributed by atoms with E-state index in [1.54, 1.807) is 33.9 Å². The summed E-state index contributed by atoms with van der Waals surface area (Å²) in [5.74, 6) is -5.08. The molecule has 3 unspecified atom stereocenters. The molecule has 53 heavy (non-hydrogen) atoms. The molecule has 0 spiro atoms. The number of imide groups is 1. The number of ketones is 1. The zero-order valence-electron chi connectivity index (χ0n) is 33.8. The fourth-order valence-electron chi connectivity index (χ4n) is 7.35. The van der Waals surface area contributed by atoms with Crippen molar-refractivity contribution in [2.24, 2.45) is 23.7 Å². The summed E-state index contributed by atoms with van der Waals surface area (Å²) in [7, 11) is 2.95. The topological polar surface area (TPSA) is 171 Å². The molecule has 2 aliphatic heterocycles. The van der Waals surface area contributed by atoms with Crippen molar-refractivity contribution in [3.8, 4) is 0 Å². The van der Waals surface area contributed by atoms with E-state index in [9.17, 15) is 38.4 Å². The second kappa shape index (κ2) is 19.8. The fourth-order valence-corrected chi connectivity index (χ4v) is 7.35. The van der Waals surface area contributed by atoms with Crippen molar-refractivity contribution in [1.82, 2.24) is 24.9 Å². The van der Waals surface area contributed by atoms with E-state index >= 15 is 0 Å². The maximum atomic E-state index is 14.4. The van der Waals surface area contributed by atoms with E-state index in [0.29, 0.717) is 18.8 Å². The molecule has 298 valence electrons. The van der Waals surface area contributed by atoms with Crippen LogP contribution in [0.2, 0.25) is 0 Å². The van der Waals surface area contributed by atoms with Crippen LogP contribution in [-0.4, -0.2) is 124 Å². The largest absolute Gasteiger partial charge is 0.460 e. The zero-order valence-corrected chi connectivity index (χ0v) is 33.8. The van der Waals surface area contributed by atoms with E-state index in [2.05, 4.69) is 19.2 Å². The zero-order chi connectivity index (χ0) is 40.5. The molecule has 2 rings (SSSR count). The minimum absolute atomic E-state index is 0.00102. The number of unbranched alkanes of at least 4 members (excludes halogenated alkanes) is 1. The van der Waals surface area contributed by atoms with E-state index in [-0.39, 0.29) is 36.5 Å². The first-order valence-electron chi connectivity index (χ1n) is 19.0. The normalized spacial score (nSPS) is 20.6. The lowest BCUT2D eigenvalue weighted by atomic mass is 9.91. The second-order valence-corrected chi connectivity index (χ2v) is 15.8. The van der Waals surface area contributed by atoms with E-state index in [0.717, 1.165) is 34.0 Å². The number of rotatable bonds is 18. The average molecular weight is 746 g/mol. The van der Waals surface area contributed by atoms with Crippen LogP contribution in [-0.2, 0) is 43.1 Å². The Labute approximate surface area is 315 Å². The van der Waals surface area contributed by atoms with Crippen LogP contribution in [0.25, 0.3) is 0 Å². The van der Waals surface area contributed by atoms with E-state index < -0.39 is 77.7 Å². The number of hydrogen-bond acceptors (Lipinski definition) is 9. The van der Waals surface area contributed by atoms with Gasteiger partial charge in [0, 0.05) is 39.4 Å². The number of likely N-dealkylation sites (tertiary alicyclic amines) is 1. The van der Waals surface area contributed by atoms with E-state index in [4.69, 9.17) is 4.74 Å². The number of nitrogens with zero attached hydrogens (tertiary/aromatic N) is 4. The van der Waals surface area contributed by atoms with E-state index in [1.165, 1.54) is 31.9 Å². The van der Waals surface area contributed by atoms with Gasteiger partial charge < -0.3 is 24.8 Å². The molecule has 2 heterocycles. The number of nitrogens with one attached hydrogen (secondary N) is 1. The molecule has 14 nitrogen and oxygen atoms in total. The van der Waals surface area contributed by atoms with Crippen LogP contribution in [0.3, 0.4) is 0 Å². The van der Waals surface area contributed by atoms with Crippen LogP contribution in [0.5, 0.6) is 0 Å². The number of carbonyl (C=O) groups is 8. The Morgan fingerprint density at radius 2 is 1.57 bits per heavy atom. The molecule has 6 amide bonds. The molecule has 1 fully saturated rings. The molecule has 0 aliphatic carbocycles. The second-order valence-electron chi connectivity index (χ2n) is 15.8. The third-order valence-corrected chi connectivity index (χ3v) is 10.2. The highest BCUT2D eigenvalue weighted by molar-refractivity contribution is 6.09. The van der Waals surface area contributed by atoms with Gasteiger partial charge in [-0.15, -0.1) is 0 Å². The summed E-state index contributed by atoms with van der Waals surface area (Å²) in [4.78, 5) is 112. The molecule has 1 N–H and O–H groups in total. The van der Waals surface area contributed by atoms with Crippen molar-refractivity contribution < 1.29 is 43.1 Å². The van der Waals surface area contributed by atoms with Crippen molar-refractivity contribution in [1.29, 1.82) is 0 Å². The van der Waals surface area contributed by atoms with Gasteiger partial charge in [-0.3, -0.25) is 43.3 Å². The minimum atomic E-state index is -1.46. The summed E-state index contributed by atoms with van der Waals surface area (Å²) in [6, 6.07) is -5.39. The molecule has 14 heteroatoms. The maximum absolute atomic E-state index is 14.4. The SMILES string of the molecule is CCCCC(C)CC(C)C(=O)N(C)[C@@H](CC(C)C)C(=O)N[C@H](C(=O)N(C)[C@H](C(=O)N1CC(=O)C[C@H]1C(=O)N1C(=O)C=CC1C)C(C)C)[C@@H](C)OC(C)=O. The Morgan fingerprint density at radius 3 is 2.08 bits per heavy atom. The summed E-state index contributed by atoms with van der Waals surface area (Å²) in [5, 5.41) is 2.75. The predicted molar refractivity (Wildman–Crippen MR) is 199 cm³/mol. The lowest BCUT2D eigenvalue weighted by Crippen LogP contribution is -2.62. The van der Waals surface area contributed by atoms with Gasteiger partial charge in [-0.2, -0.15) is 0 Å². The molecular weight excluding hydrogens is 682 g/mol. The first kappa shape index (κ1) is 45.1. The highest BCUT2D eigenvalue weighted by atomic mass is 16.5. The molecular formula is C39H63N5O9. The average Bonchev–Trinajstić information content (AvgIpc) is 3.63. The van der Waals surface area contributed by atoms with Crippen LogP contribution in [0.4, 0.5) is 0 Å². The minimum Gasteiger partial charge on any atom is -0.460 e. The summed E-state index contributed by atoms with van der Waals surface area (Å²) in [6.07, 6.45) is 5.46. The highest BCUT2D eigenvalue weighted by Gasteiger charge is 2.48. The molecule has 0 bridgehead atoms. The third-order valence-electron chi connectivity index (χ3n) is 10.2. The number of esters is 1. The lowest BCUT2D eigenvalue weighted by molar-refractivity contribution is -0.157. The van der Waals surface area contributed by atoms with Crippen LogP contribution in [0.1, 0.15) is 108 Å². The monoisotopic (exact) mass is 745 g/mol. The lowest BCUT2D eigenvalue weighted by Gasteiger charge is -2.38. The Kier molecular flexibility index (Phi) is 16.9. The Bertz CT molecular complexity index is 1410. The molecule has 0 aromatic rings. The molecule has 0 radical (unpaired) electrons. The first-order chi connectivity index (χ1) is 24.6. The number of carbonyl (C=O) groups excluding carboxylic acids is 8. The van der Waals surface area contributed by atoms with Gasteiger partial charge in [-0.25, -0.2) is 0 Å². The van der Waals surface area contributed by atoms with Gasteiger partial charge >= 0.3 is 5.97 Å². The molecule has 2 aliphatic rings. The van der Waals surface area contributed by atoms with Crippen molar-refractivity contribution in [3.63, 3.8) is 0 Å². The van der Waals surface area contributed by atoms with Crippen LogP contribution in [0, 0.1) is 23.7 Å². The summed E-state index contributed by atoms with van der Waals surface area (Å²) >= 11 is 0. The van der Waals surface area contributed by atoms with Crippen LogP contribution >= 0.6 is 0 Å². The molecule has 0 saturated carbocycles. The van der Waals surface area contributed by atoms with Crippen LogP contribution < -0.4 is 5.32 Å². The number of amides is 6. The summed E-state index contributed by atoms with van der Waals surface area (Å²) in [5.41, 5.74) is 0. The summed E-state index contributed by atoms with van der Waals surface area (Å²) in [6.45, 7) is 17.2. The number of ether oxygens (including phenoxy) is 1. The van der Waals surface area contributed by atoms with Gasteiger partial charge in [0.15, 0.2) is 5.78 Å². The predicted octanol–water partition coefficient (Wildman–Crippen LogP) is 3.11. The smallest absolute Gasteiger partial charge is 0.302 e. The summed E-state index contributed by atoms with van der Waals surface area (Å²) < 4.78 is 5.40. The molecule has 0 aromatic heterocycles. The Morgan fingerprint density at radius 1 is 0.943 bits per heavy atom. The number of Topliss-reactive ketones (excluding diaryl/α,β-unsaturated/α-hetero) is 1. The molecule has 8 atom stereocenters. The van der Waals surface area contributed by atoms with Crippen LogP contribution in [0.15, 0.2) is 12.2 Å². The quantitative estimate of drug-likeness (QED) is 0.164. The van der Waals surface area contributed by atoms with Gasteiger partial charge in [0.1, 0.15) is 30.3 Å². The van der Waals surface area contributed by atoms with Crippen molar-refractivity contribution >= 4 is 47.2 Å². The van der Waals surface area contributed by atoms with E-state index in [1.807, 2.05) is 20.8 Å². The highest BCUT2D eigenvalue weighted by Crippen LogP contribution is 2.26. The standard InChI is InChI=1S/C39H63N5O9/c1-13-14-15-24(6)19-25(7)36(49)41(11)30(18-22(2)3)35(48)40-33(27(9)53-28(10)45)38(51)42(12)34(23(4)5)39(52)43-21-29(46)20-31(43)37(50)44-26(8)16-17-32(44)47/h16-17,22-27,30-31,33-34H,13-15,18-21H2,1-12H3,(H,40,48)/t24?,25?,26?,27-,30+,31+,33+,34+/m1/s1. The van der Waals surface area contributed by atoms with Crippen molar-refractivity contribution in [2.75, 3.05) is 20.6 Å². The Hall–Kier alpha value is -4.10. The molecule has 0 aromatic carbocycles. The van der Waals surface area contributed by atoms with Gasteiger partial charge in [0.05, 0.1) is 12.6 Å². The fraction of sp³-hybridized carbons (Fsp3) is 0.744.